The van der Waals surface area contributed by atoms with Gasteiger partial charge in [0.25, 0.3) is 0 Å². The molecule has 0 fully saturated rings. The maximum atomic E-state index is 5.88. The van der Waals surface area contributed by atoms with E-state index in [0.717, 1.165) is 22.6 Å². The van der Waals surface area contributed by atoms with E-state index < -0.39 is 0 Å². The Kier molecular flexibility index (Phi) is 5.24. The van der Waals surface area contributed by atoms with Crippen LogP contribution in [0.25, 0.3) is 0 Å². The topological polar surface area (TPSA) is 18.5 Å². The first-order valence-corrected chi connectivity index (χ1v) is 8.21. The number of rotatable bonds is 2. The largest absolute Gasteiger partial charge is 0.488 e. The maximum absolute atomic E-state index is 5.88. The van der Waals surface area contributed by atoms with Crippen LogP contribution < -0.4 is 9.47 Å². The molecule has 0 aliphatic heterocycles. The minimum absolute atomic E-state index is 0.218. The average molecular weight is 322 g/mol. The fourth-order valence-corrected chi connectivity index (χ4v) is 2.13. The Morgan fingerprint density at radius 3 is 1.33 bits per heavy atom. The summed E-state index contributed by atoms with van der Waals surface area (Å²) in [4.78, 5) is 0. The summed E-state index contributed by atoms with van der Waals surface area (Å²) in [6, 6.07) is 15.7. The molecular weight excluding hydrogens is 296 g/mol. The summed E-state index contributed by atoms with van der Waals surface area (Å²) in [6.45, 7) is 12.2. The quantitative estimate of drug-likeness (QED) is 0.685. The predicted octanol–water partition coefficient (Wildman–Crippen LogP) is 5.44. The van der Waals surface area contributed by atoms with E-state index in [1.54, 1.807) is 0 Å². The van der Waals surface area contributed by atoms with Crippen LogP contribution in [0.15, 0.2) is 48.5 Å². The molecule has 0 saturated carbocycles. The van der Waals surface area contributed by atoms with Crippen molar-refractivity contribution in [2.24, 2.45) is 0 Å². The molecule has 2 rings (SSSR count). The van der Waals surface area contributed by atoms with Crippen LogP contribution in [0, 0.1) is 11.8 Å². The Balaban J connectivity index is 2.18. The molecule has 0 atom stereocenters. The van der Waals surface area contributed by atoms with Crippen molar-refractivity contribution >= 4 is 0 Å². The molecule has 0 unspecified atom stereocenters. The zero-order chi connectivity index (χ0) is 17.8. The van der Waals surface area contributed by atoms with Gasteiger partial charge in [-0.15, -0.1) is 0 Å². The fourth-order valence-electron chi connectivity index (χ4n) is 2.13. The predicted molar refractivity (Wildman–Crippen MR) is 99.6 cm³/mol. The van der Waals surface area contributed by atoms with Crippen molar-refractivity contribution in [2.75, 3.05) is 0 Å². The Bertz CT molecular complexity index is 686. The molecule has 2 aromatic carbocycles. The van der Waals surface area contributed by atoms with Gasteiger partial charge in [0.15, 0.2) is 0 Å². The van der Waals surface area contributed by atoms with E-state index in [9.17, 15) is 0 Å². The highest BCUT2D eigenvalue weighted by molar-refractivity contribution is 5.47. The van der Waals surface area contributed by atoms with Crippen molar-refractivity contribution in [1.82, 2.24) is 0 Å². The van der Waals surface area contributed by atoms with Gasteiger partial charge in [-0.3, -0.25) is 0 Å². The van der Waals surface area contributed by atoms with E-state index in [2.05, 4.69) is 11.8 Å². The zero-order valence-corrected chi connectivity index (χ0v) is 15.4. The molecule has 0 radical (unpaired) electrons. The van der Waals surface area contributed by atoms with Crippen molar-refractivity contribution in [3.63, 3.8) is 0 Å². The second kappa shape index (κ2) is 7.01. The van der Waals surface area contributed by atoms with E-state index in [-0.39, 0.29) is 11.2 Å². The van der Waals surface area contributed by atoms with Gasteiger partial charge in [-0.25, -0.2) is 0 Å². The van der Waals surface area contributed by atoms with Crippen LogP contribution in [0.1, 0.15) is 52.7 Å². The molecule has 126 valence electrons. The number of hydrogen-bond acceptors (Lipinski definition) is 2. The lowest BCUT2D eigenvalue weighted by atomic mass is 10.1. The number of hydrogen-bond donors (Lipinski definition) is 0. The van der Waals surface area contributed by atoms with Crippen LogP contribution in [-0.4, -0.2) is 11.2 Å². The SMILES string of the molecule is CC(C)(C)Oc1cccc(C#Cc2cccc(OC(C)(C)C)c2)c1. The Labute approximate surface area is 145 Å². The van der Waals surface area contributed by atoms with Crippen LogP contribution in [0.5, 0.6) is 11.5 Å². The summed E-state index contributed by atoms with van der Waals surface area (Å²) in [5.41, 5.74) is 1.42. The third-order valence-electron chi connectivity index (χ3n) is 2.87. The summed E-state index contributed by atoms with van der Waals surface area (Å²) in [5, 5.41) is 0. The smallest absolute Gasteiger partial charge is 0.121 e. The number of benzene rings is 2. The van der Waals surface area contributed by atoms with E-state index in [4.69, 9.17) is 9.47 Å². The minimum atomic E-state index is -0.218. The molecule has 0 spiro atoms. The van der Waals surface area contributed by atoms with Gasteiger partial charge in [-0.2, -0.15) is 0 Å². The Morgan fingerprint density at radius 1 is 0.625 bits per heavy atom. The molecular formula is C22H26O2. The minimum Gasteiger partial charge on any atom is -0.488 e. The van der Waals surface area contributed by atoms with E-state index in [1.807, 2.05) is 90.1 Å². The molecule has 0 aliphatic carbocycles. The van der Waals surface area contributed by atoms with Gasteiger partial charge < -0.3 is 9.47 Å². The van der Waals surface area contributed by atoms with Gasteiger partial charge >= 0.3 is 0 Å². The normalized spacial score (nSPS) is 11.4. The molecule has 2 aromatic rings. The molecule has 0 N–H and O–H groups in total. The molecule has 0 aromatic heterocycles. The van der Waals surface area contributed by atoms with Gasteiger partial charge in [-0.05, 0) is 77.9 Å². The standard InChI is InChI=1S/C22H26O2/c1-21(2,3)23-19-11-7-9-17(15-19)13-14-18-10-8-12-20(16-18)24-22(4,5)6/h7-12,15-16H,1-6H3. The van der Waals surface area contributed by atoms with Crippen molar-refractivity contribution in [3.05, 3.63) is 59.7 Å². The van der Waals surface area contributed by atoms with Gasteiger partial charge in [0.05, 0.1) is 0 Å². The third kappa shape index (κ3) is 6.38. The van der Waals surface area contributed by atoms with Crippen molar-refractivity contribution < 1.29 is 9.47 Å². The van der Waals surface area contributed by atoms with Gasteiger partial charge in [0.1, 0.15) is 22.7 Å². The third-order valence-corrected chi connectivity index (χ3v) is 2.87. The molecule has 2 heteroatoms. The monoisotopic (exact) mass is 322 g/mol. The van der Waals surface area contributed by atoms with Gasteiger partial charge in [-0.1, -0.05) is 24.0 Å². The molecule has 0 heterocycles. The van der Waals surface area contributed by atoms with E-state index >= 15 is 0 Å². The summed E-state index contributed by atoms with van der Waals surface area (Å²) in [5.74, 6) is 8.05. The van der Waals surface area contributed by atoms with Gasteiger partial charge in [0.2, 0.25) is 0 Å². The highest BCUT2D eigenvalue weighted by Crippen LogP contribution is 2.20. The Hall–Kier alpha value is -2.40. The summed E-state index contributed by atoms with van der Waals surface area (Å²) in [6.07, 6.45) is 0. The maximum Gasteiger partial charge on any atom is 0.121 e. The highest BCUT2D eigenvalue weighted by Gasteiger charge is 2.12. The first kappa shape index (κ1) is 17.9. The lowest BCUT2D eigenvalue weighted by Crippen LogP contribution is -2.22. The Morgan fingerprint density at radius 2 is 1.00 bits per heavy atom. The molecule has 0 aliphatic rings. The first-order chi connectivity index (χ1) is 11.1. The number of ether oxygens (including phenoxy) is 2. The van der Waals surface area contributed by atoms with E-state index in [1.165, 1.54) is 0 Å². The first-order valence-electron chi connectivity index (χ1n) is 8.21. The van der Waals surface area contributed by atoms with Crippen LogP contribution in [0.3, 0.4) is 0 Å². The molecule has 0 amide bonds. The molecule has 0 saturated heterocycles. The second-order valence-corrected chi connectivity index (χ2v) is 7.73. The summed E-state index contributed by atoms with van der Waals surface area (Å²) < 4.78 is 11.8. The fraction of sp³-hybridized carbons (Fsp3) is 0.364. The average Bonchev–Trinajstić information content (AvgIpc) is 2.42. The van der Waals surface area contributed by atoms with Crippen LogP contribution in [0.2, 0.25) is 0 Å². The van der Waals surface area contributed by atoms with Crippen molar-refractivity contribution in [2.45, 2.75) is 52.7 Å². The van der Waals surface area contributed by atoms with E-state index in [0.29, 0.717) is 0 Å². The van der Waals surface area contributed by atoms with Crippen molar-refractivity contribution in [3.8, 4) is 23.3 Å². The lowest BCUT2D eigenvalue weighted by Gasteiger charge is -2.21. The van der Waals surface area contributed by atoms with Crippen LogP contribution >= 0.6 is 0 Å². The van der Waals surface area contributed by atoms with Crippen LogP contribution in [-0.2, 0) is 0 Å². The summed E-state index contributed by atoms with van der Waals surface area (Å²) >= 11 is 0. The van der Waals surface area contributed by atoms with Crippen LogP contribution in [0.4, 0.5) is 0 Å². The highest BCUT2D eigenvalue weighted by atomic mass is 16.5. The molecule has 0 bridgehead atoms. The second-order valence-electron chi connectivity index (χ2n) is 7.73. The molecule has 24 heavy (non-hydrogen) atoms. The van der Waals surface area contributed by atoms with Gasteiger partial charge in [0, 0.05) is 11.1 Å². The van der Waals surface area contributed by atoms with Crippen molar-refractivity contribution in [1.29, 1.82) is 0 Å². The lowest BCUT2D eigenvalue weighted by molar-refractivity contribution is 0.130. The molecule has 2 nitrogen and oxygen atoms in total. The zero-order valence-electron chi connectivity index (χ0n) is 15.4. The summed E-state index contributed by atoms with van der Waals surface area (Å²) in [7, 11) is 0.